The highest BCUT2D eigenvalue weighted by Gasteiger charge is 2.27. The van der Waals surface area contributed by atoms with Gasteiger partial charge in [-0.05, 0) is 51.0 Å². The lowest BCUT2D eigenvalue weighted by atomic mass is 9.94. The van der Waals surface area contributed by atoms with Gasteiger partial charge in [-0.15, -0.1) is 0 Å². The second-order valence-corrected chi connectivity index (χ2v) is 7.70. The van der Waals surface area contributed by atoms with E-state index >= 15 is 0 Å². The van der Waals surface area contributed by atoms with Crippen molar-refractivity contribution in [1.29, 1.82) is 0 Å². The first-order valence-corrected chi connectivity index (χ1v) is 9.44. The van der Waals surface area contributed by atoms with Gasteiger partial charge in [0.1, 0.15) is 0 Å². The Balaban J connectivity index is 1.35. The summed E-state index contributed by atoms with van der Waals surface area (Å²) in [7, 11) is 2.02. The number of nitrogens with zero attached hydrogens (tertiary/aromatic N) is 2. The van der Waals surface area contributed by atoms with Crippen molar-refractivity contribution >= 4 is 5.91 Å². The van der Waals surface area contributed by atoms with Crippen LogP contribution in [0.25, 0.3) is 0 Å². The van der Waals surface area contributed by atoms with Crippen LogP contribution >= 0.6 is 0 Å². The summed E-state index contributed by atoms with van der Waals surface area (Å²) in [5.74, 6) is 1.29. The molecule has 0 radical (unpaired) electrons. The number of carbonyl (C=O) groups is 1. The lowest BCUT2D eigenvalue weighted by Gasteiger charge is -2.35. The largest absolute Gasteiger partial charge is 0.342 e. The third-order valence-corrected chi connectivity index (χ3v) is 5.85. The minimum atomic E-state index is 0.330. The van der Waals surface area contributed by atoms with Crippen molar-refractivity contribution in [1.82, 2.24) is 15.1 Å². The maximum Gasteiger partial charge on any atom is 0.236 e. The molecule has 4 nitrogen and oxygen atoms in total. The van der Waals surface area contributed by atoms with Crippen molar-refractivity contribution < 1.29 is 4.79 Å². The van der Waals surface area contributed by atoms with E-state index in [1.807, 2.05) is 11.9 Å². The summed E-state index contributed by atoms with van der Waals surface area (Å²) in [4.78, 5) is 16.9. The van der Waals surface area contributed by atoms with Gasteiger partial charge in [-0.2, -0.15) is 0 Å². The molecular weight excluding hydrogens is 274 g/mol. The molecule has 2 saturated carbocycles. The molecule has 4 heteroatoms. The van der Waals surface area contributed by atoms with Gasteiger partial charge >= 0.3 is 0 Å². The number of likely N-dealkylation sites (N-methyl/N-ethyl adjacent to an activating group) is 1. The second-order valence-electron chi connectivity index (χ2n) is 7.70. The topological polar surface area (TPSA) is 35.6 Å². The van der Waals surface area contributed by atoms with E-state index < -0.39 is 0 Å². The molecule has 1 heterocycles. The molecule has 0 atom stereocenters. The van der Waals surface area contributed by atoms with Crippen molar-refractivity contribution in [3.63, 3.8) is 0 Å². The number of piperidine rings is 1. The molecule has 22 heavy (non-hydrogen) atoms. The number of hydrogen-bond acceptors (Lipinski definition) is 3. The molecule has 0 spiro atoms. The third kappa shape index (κ3) is 4.69. The molecule has 1 N–H and O–H groups in total. The number of rotatable bonds is 6. The minimum absolute atomic E-state index is 0.330. The SMILES string of the molecule is CN(C(=O)CN1CCC(NCC2CC2)CC1)C1CCCCC1. The Kier molecular flexibility index (Phi) is 5.75. The van der Waals surface area contributed by atoms with Gasteiger partial charge < -0.3 is 10.2 Å². The second kappa shape index (κ2) is 7.78. The predicted octanol–water partition coefficient (Wildman–Crippen LogP) is 2.24. The van der Waals surface area contributed by atoms with Crippen LogP contribution in [0.4, 0.5) is 0 Å². The van der Waals surface area contributed by atoms with Crippen molar-refractivity contribution in [2.24, 2.45) is 5.92 Å². The van der Waals surface area contributed by atoms with Gasteiger partial charge in [0.15, 0.2) is 0 Å². The zero-order chi connectivity index (χ0) is 15.4. The Morgan fingerprint density at radius 2 is 1.73 bits per heavy atom. The molecule has 1 aliphatic heterocycles. The molecule has 0 unspecified atom stereocenters. The van der Waals surface area contributed by atoms with Gasteiger partial charge in [0, 0.05) is 32.2 Å². The summed E-state index contributed by atoms with van der Waals surface area (Å²) in [5, 5.41) is 3.71. The lowest BCUT2D eigenvalue weighted by molar-refractivity contribution is -0.134. The van der Waals surface area contributed by atoms with Crippen molar-refractivity contribution in [3.05, 3.63) is 0 Å². The van der Waals surface area contributed by atoms with E-state index in [0.717, 1.165) is 19.0 Å². The van der Waals surface area contributed by atoms with Crippen LogP contribution in [-0.2, 0) is 4.79 Å². The van der Waals surface area contributed by atoms with Gasteiger partial charge in [0.25, 0.3) is 0 Å². The van der Waals surface area contributed by atoms with Crippen LogP contribution in [0.1, 0.15) is 57.8 Å². The number of likely N-dealkylation sites (tertiary alicyclic amines) is 1. The Hall–Kier alpha value is -0.610. The quantitative estimate of drug-likeness (QED) is 0.817. The van der Waals surface area contributed by atoms with E-state index in [4.69, 9.17) is 0 Å². The number of amides is 1. The normalized spacial score (nSPS) is 25.3. The predicted molar refractivity (Wildman–Crippen MR) is 89.8 cm³/mol. The average molecular weight is 307 g/mol. The molecule has 2 aliphatic carbocycles. The van der Waals surface area contributed by atoms with E-state index in [1.165, 1.54) is 64.3 Å². The Morgan fingerprint density at radius 3 is 2.36 bits per heavy atom. The minimum Gasteiger partial charge on any atom is -0.342 e. The maximum absolute atomic E-state index is 12.5. The molecule has 1 amide bonds. The zero-order valence-electron chi connectivity index (χ0n) is 14.2. The highest BCUT2D eigenvalue weighted by Crippen LogP contribution is 2.28. The molecule has 0 aromatic carbocycles. The standard InChI is InChI=1S/C18H33N3O/c1-20(17-5-3-2-4-6-17)18(22)14-21-11-9-16(10-12-21)19-13-15-7-8-15/h15-17,19H,2-14H2,1H3. The Labute approximate surface area is 135 Å². The van der Waals surface area contributed by atoms with E-state index in [0.29, 0.717) is 24.5 Å². The fraction of sp³-hybridized carbons (Fsp3) is 0.944. The number of hydrogen-bond donors (Lipinski definition) is 1. The van der Waals surface area contributed by atoms with Crippen molar-refractivity contribution in [3.8, 4) is 0 Å². The molecule has 1 saturated heterocycles. The lowest BCUT2D eigenvalue weighted by Crippen LogP contribution is -2.48. The first-order chi connectivity index (χ1) is 10.7. The van der Waals surface area contributed by atoms with Gasteiger partial charge in [-0.3, -0.25) is 9.69 Å². The molecule has 3 fully saturated rings. The van der Waals surface area contributed by atoms with E-state index in [9.17, 15) is 4.79 Å². The van der Waals surface area contributed by atoms with Gasteiger partial charge in [-0.25, -0.2) is 0 Å². The summed E-state index contributed by atoms with van der Waals surface area (Å²) in [6.45, 7) is 4.00. The smallest absolute Gasteiger partial charge is 0.236 e. The van der Waals surface area contributed by atoms with E-state index in [1.54, 1.807) is 0 Å². The fourth-order valence-corrected chi connectivity index (χ4v) is 3.93. The first kappa shape index (κ1) is 16.3. The molecule has 0 aromatic heterocycles. The summed E-state index contributed by atoms with van der Waals surface area (Å²) in [5.41, 5.74) is 0. The zero-order valence-corrected chi connectivity index (χ0v) is 14.2. The average Bonchev–Trinajstić information content (AvgIpc) is 3.38. The van der Waals surface area contributed by atoms with Crippen molar-refractivity contribution in [2.45, 2.75) is 69.9 Å². The summed E-state index contributed by atoms with van der Waals surface area (Å²) >= 11 is 0. The first-order valence-electron chi connectivity index (χ1n) is 9.44. The van der Waals surface area contributed by atoms with Crippen LogP contribution < -0.4 is 5.32 Å². The number of carbonyl (C=O) groups excluding carboxylic acids is 1. The summed E-state index contributed by atoms with van der Waals surface area (Å²) in [6, 6.07) is 1.18. The van der Waals surface area contributed by atoms with Crippen LogP contribution in [0.15, 0.2) is 0 Å². The maximum atomic E-state index is 12.5. The van der Waals surface area contributed by atoms with Crippen LogP contribution in [0, 0.1) is 5.92 Å². The molecule has 0 bridgehead atoms. The van der Waals surface area contributed by atoms with Crippen LogP contribution in [0.5, 0.6) is 0 Å². The van der Waals surface area contributed by atoms with Gasteiger partial charge in [0.05, 0.1) is 6.54 Å². The van der Waals surface area contributed by atoms with Crippen molar-refractivity contribution in [2.75, 3.05) is 33.2 Å². The highest BCUT2D eigenvalue weighted by molar-refractivity contribution is 5.78. The molecule has 0 aromatic rings. The summed E-state index contributed by atoms with van der Waals surface area (Å²) < 4.78 is 0. The van der Waals surface area contributed by atoms with E-state index in [-0.39, 0.29) is 0 Å². The highest BCUT2D eigenvalue weighted by atomic mass is 16.2. The molecule has 3 aliphatic rings. The monoisotopic (exact) mass is 307 g/mol. The molecule has 3 rings (SSSR count). The van der Waals surface area contributed by atoms with Crippen LogP contribution in [0.2, 0.25) is 0 Å². The molecule has 126 valence electrons. The Bertz CT molecular complexity index is 355. The Morgan fingerprint density at radius 1 is 1.05 bits per heavy atom. The van der Waals surface area contributed by atoms with E-state index in [2.05, 4.69) is 10.2 Å². The molecular formula is C18H33N3O. The van der Waals surface area contributed by atoms with Crippen LogP contribution in [-0.4, -0.2) is 61.0 Å². The third-order valence-electron chi connectivity index (χ3n) is 5.85. The van der Waals surface area contributed by atoms with Crippen LogP contribution in [0.3, 0.4) is 0 Å². The van der Waals surface area contributed by atoms with Gasteiger partial charge in [-0.1, -0.05) is 19.3 Å². The van der Waals surface area contributed by atoms with Gasteiger partial charge in [0.2, 0.25) is 5.91 Å². The summed E-state index contributed by atoms with van der Waals surface area (Å²) in [6.07, 6.45) is 11.6. The fourth-order valence-electron chi connectivity index (χ4n) is 3.93. The number of nitrogens with one attached hydrogen (secondary N) is 1.